The van der Waals surface area contributed by atoms with Crippen molar-refractivity contribution in [1.82, 2.24) is 4.98 Å². The molecule has 34 heavy (non-hydrogen) atoms. The van der Waals surface area contributed by atoms with E-state index in [1.165, 1.54) is 11.3 Å². The lowest BCUT2D eigenvalue weighted by molar-refractivity contribution is -0.131. The molecular formula is C28H17ClN2O2S. The molecule has 1 atom stereocenters. The first kappa shape index (κ1) is 19.8. The smallest absolute Gasteiger partial charge is 0.247 e. The number of carbonyl (C=O) groups excluding carboxylic acids is 1. The molecule has 1 unspecified atom stereocenters. The third-order valence-corrected chi connectivity index (χ3v) is 8.03. The second kappa shape index (κ2) is 7.16. The number of halogens is 1. The van der Waals surface area contributed by atoms with Gasteiger partial charge in [0.15, 0.2) is 5.13 Å². The maximum Gasteiger partial charge on any atom is 0.247 e. The average molecular weight is 481 g/mol. The SMILES string of the molecule is O=C1N(c2nc3ccccc3s2)C(c2ccc(Cl)cc2)C12c1ccccc1Oc1ccccc12. The largest absolute Gasteiger partial charge is 0.457 e. The van der Waals surface area contributed by atoms with E-state index >= 15 is 0 Å². The maximum atomic E-state index is 14.4. The van der Waals surface area contributed by atoms with Gasteiger partial charge >= 0.3 is 0 Å². The van der Waals surface area contributed by atoms with E-state index in [0.29, 0.717) is 21.7 Å². The van der Waals surface area contributed by atoms with Crippen LogP contribution in [0.3, 0.4) is 0 Å². The molecule has 7 rings (SSSR count). The van der Waals surface area contributed by atoms with Crippen molar-refractivity contribution >= 4 is 44.2 Å². The Morgan fingerprint density at radius 1 is 0.824 bits per heavy atom. The van der Waals surface area contributed by atoms with Gasteiger partial charge in [-0.05, 0) is 42.0 Å². The van der Waals surface area contributed by atoms with Crippen molar-refractivity contribution in [3.05, 3.63) is 119 Å². The molecule has 0 saturated carbocycles. The molecular weight excluding hydrogens is 464 g/mol. The molecule has 0 bridgehead atoms. The topological polar surface area (TPSA) is 42.4 Å². The van der Waals surface area contributed by atoms with Crippen molar-refractivity contribution in [1.29, 1.82) is 0 Å². The Hall–Kier alpha value is -3.67. The lowest BCUT2D eigenvalue weighted by atomic mass is 9.59. The standard InChI is InChI=1S/C28H17ClN2O2S/c29-18-15-13-17(14-16-18)25-28(26(32)31(25)27-30-21-9-3-6-12-24(21)34-27)19-7-1-4-10-22(19)33-23-11-5-2-8-20(23)28/h1-16,25H. The van der Waals surface area contributed by atoms with Crippen molar-refractivity contribution in [2.45, 2.75) is 11.5 Å². The summed E-state index contributed by atoms with van der Waals surface area (Å²) in [5.74, 6) is 1.41. The van der Waals surface area contributed by atoms with Gasteiger partial charge in [-0.3, -0.25) is 9.69 Å². The summed E-state index contributed by atoms with van der Waals surface area (Å²) in [5.41, 5.74) is 2.71. The molecule has 1 fully saturated rings. The summed E-state index contributed by atoms with van der Waals surface area (Å²) in [4.78, 5) is 21.1. The molecule has 164 valence electrons. The van der Waals surface area contributed by atoms with Gasteiger partial charge in [0.25, 0.3) is 0 Å². The highest BCUT2D eigenvalue weighted by molar-refractivity contribution is 7.22. The van der Waals surface area contributed by atoms with Crippen LogP contribution in [0.15, 0.2) is 97.1 Å². The quantitative estimate of drug-likeness (QED) is 0.252. The Balaban J connectivity index is 1.51. The summed E-state index contributed by atoms with van der Waals surface area (Å²) >= 11 is 7.77. The van der Waals surface area contributed by atoms with Crippen LogP contribution in [0, 0.1) is 0 Å². The number of anilines is 1. The molecule has 6 heteroatoms. The molecule has 1 spiro atoms. The summed E-state index contributed by atoms with van der Waals surface area (Å²) in [6.45, 7) is 0. The zero-order chi connectivity index (χ0) is 22.9. The average Bonchev–Trinajstić information content (AvgIpc) is 3.29. The molecule has 4 aromatic carbocycles. The monoisotopic (exact) mass is 480 g/mol. The molecule has 0 N–H and O–H groups in total. The third-order valence-electron chi connectivity index (χ3n) is 6.74. The summed E-state index contributed by atoms with van der Waals surface area (Å²) in [6.07, 6.45) is 0. The van der Waals surface area contributed by atoms with E-state index in [0.717, 1.165) is 26.9 Å². The van der Waals surface area contributed by atoms with Crippen molar-refractivity contribution in [3.8, 4) is 11.5 Å². The fraction of sp³-hybridized carbons (Fsp3) is 0.0714. The zero-order valence-electron chi connectivity index (χ0n) is 17.8. The summed E-state index contributed by atoms with van der Waals surface area (Å²) in [5, 5.41) is 1.35. The maximum absolute atomic E-state index is 14.4. The number of ether oxygens (including phenoxy) is 1. The fourth-order valence-corrected chi connectivity index (χ4v) is 6.43. The molecule has 0 radical (unpaired) electrons. The Morgan fingerprint density at radius 2 is 1.44 bits per heavy atom. The van der Waals surface area contributed by atoms with E-state index in [1.807, 2.05) is 102 Å². The van der Waals surface area contributed by atoms with Crippen LogP contribution >= 0.6 is 22.9 Å². The number of benzene rings is 4. The van der Waals surface area contributed by atoms with Crippen LogP contribution in [-0.4, -0.2) is 10.9 Å². The minimum absolute atomic E-state index is 0.00490. The number of thiazole rings is 1. The minimum atomic E-state index is -0.920. The number of β-lactam (4-membered cyclic amide) rings is 1. The third kappa shape index (κ3) is 2.54. The molecule has 1 aromatic heterocycles. The first-order chi connectivity index (χ1) is 16.7. The normalized spacial score (nSPS) is 17.7. The Morgan fingerprint density at radius 3 is 2.12 bits per heavy atom. The van der Waals surface area contributed by atoms with Gasteiger partial charge in [0.1, 0.15) is 16.9 Å². The highest BCUT2D eigenvalue weighted by Crippen LogP contribution is 2.63. The van der Waals surface area contributed by atoms with Crippen LogP contribution in [0.1, 0.15) is 22.7 Å². The second-order valence-corrected chi connectivity index (χ2v) is 9.94. The lowest BCUT2D eigenvalue weighted by Gasteiger charge is -2.57. The Kier molecular flexibility index (Phi) is 4.16. The van der Waals surface area contributed by atoms with Crippen molar-refractivity contribution in [3.63, 3.8) is 0 Å². The van der Waals surface area contributed by atoms with E-state index in [4.69, 9.17) is 21.3 Å². The predicted octanol–water partition coefficient (Wildman–Crippen LogP) is 7.13. The highest BCUT2D eigenvalue weighted by Gasteiger charge is 2.67. The number of fused-ring (bicyclic) bond motifs is 5. The van der Waals surface area contributed by atoms with Gasteiger partial charge in [0, 0.05) is 16.1 Å². The van der Waals surface area contributed by atoms with Gasteiger partial charge in [-0.2, -0.15) is 0 Å². The number of hydrogen-bond donors (Lipinski definition) is 0. The van der Waals surface area contributed by atoms with Crippen molar-refractivity contribution in [2.75, 3.05) is 4.90 Å². The van der Waals surface area contributed by atoms with Crippen LogP contribution < -0.4 is 9.64 Å². The van der Waals surface area contributed by atoms with Gasteiger partial charge < -0.3 is 4.74 Å². The second-order valence-electron chi connectivity index (χ2n) is 8.50. The summed E-state index contributed by atoms with van der Waals surface area (Å²) < 4.78 is 7.29. The van der Waals surface area contributed by atoms with Crippen LogP contribution in [0.2, 0.25) is 5.02 Å². The number of aromatic nitrogens is 1. The predicted molar refractivity (Wildman–Crippen MR) is 135 cm³/mol. The Bertz CT molecular complexity index is 1520. The first-order valence-electron chi connectivity index (χ1n) is 11.0. The number of carbonyl (C=O) groups is 1. The highest BCUT2D eigenvalue weighted by atomic mass is 35.5. The number of para-hydroxylation sites is 3. The fourth-order valence-electron chi connectivity index (χ4n) is 5.31. The molecule has 2 aliphatic heterocycles. The molecule has 3 heterocycles. The van der Waals surface area contributed by atoms with Crippen LogP contribution in [0.5, 0.6) is 11.5 Å². The molecule has 1 saturated heterocycles. The van der Waals surface area contributed by atoms with Crippen LogP contribution in [0.4, 0.5) is 5.13 Å². The molecule has 0 aliphatic carbocycles. The van der Waals surface area contributed by atoms with Gasteiger partial charge in [-0.1, -0.05) is 83.6 Å². The lowest BCUT2D eigenvalue weighted by Crippen LogP contribution is -2.67. The number of amides is 1. The number of nitrogens with zero attached hydrogens (tertiary/aromatic N) is 2. The minimum Gasteiger partial charge on any atom is -0.457 e. The van der Waals surface area contributed by atoms with E-state index in [1.54, 1.807) is 0 Å². The number of hydrogen-bond acceptors (Lipinski definition) is 4. The molecule has 1 amide bonds. The zero-order valence-corrected chi connectivity index (χ0v) is 19.4. The van der Waals surface area contributed by atoms with E-state index in [-0.39, 0.29) is 11.9 Å². The molecule has 4 nitrogen and oxygen atoms in total. The van der Waals surface area contributed by atoms with Crippen molar-refractivity contribution in [2.24, 2.45) is 0 Å². The summed E-state index contributed by atoms with van der Waals surface area (Å²) in [7, 11) is 0. The molecule has 5 aromatic rings. The van der Waals surface area contributed by atoms with E-state index in [9.17, 15) is 4.79 Å². The number of rotatable bonds is 2. The van der Waals surface area contributed by atoms with Crippen molar-refractivity contribution < 1.29 is 9.53 Å². The van der Waals surface area contributed by atoms with Gasteiger partial charge in [-0.25, -0.2) is 4.98 Å². The van der Waals surface area contributed by atoms with Gasteiger partial charge in [0.05, 0.1) is 16.3 Å². The van der Waals surface area contributed by atoms with Crippen LogP contribution in [0.25, 0.3) is 10.2 Å². The van der Waals surface area contributed by atoms with E-state index in [2.05, 4.69) is 0 Å². The molecule has 2 aliphatic rings. The van der Waals surface area contributed by atoms with Gasteiger partial charge in [-0.15, -0.1) is 0 Å². The van der Waals surface area contributed by atoms with E-state index < -0.39 is 5.41 Å². The first-order valence-corrected chi connectivity index (χ1v) is 12.2. The summed E-state index contributed by atoms with van der Waals surface area (Å²) in [6, 6.07) is 31.1. The Labute approximate surface area is 205 Å². The van der Waals surface area contributed by atoms with Crippen LogP contribution in [-0.2, 0) is 10.2 Å². The van der Waals surface area contributed by atoms with Gasteiger partial charge in [0.2, 0.25) is 5.91 Å².